The van der Waals surface area contributed by atoms with E-state index >= 15 is 0 Å². The van der Waals surface area contributed by atoms with E-state index in [9.17, 15) is 4.79 Å². The van der Waals surface area contributed by atoms with Crippen LogP contribution in [-0.2, 0) is 11.2 Å². The van der Waals surface area contributed by atoms with E-state index in [2.05, 4.69) is 32.9 Å². The minimum Gasteiger partial charge on any atom is -0.210 e. The molecule has 1 aromatic rings. The Morgan fingerprint density at radius 3 is 2.85 bits per heavy atom. The number of halogens is 1. The minimum absolute atomic E-state index is 0.576. The third-order valence-corrected chi connectivity index (χ3v) is 2.19. The summed E-state index contributed by atoms with van der Waals surface area (Å²) < 4.78 is 1.01. The van der Waals surface area contributed by atoms with Gasteiger partial charge in [-0.1, -0.05) is 40.0 Å². The van der Waals surface area contributed by atoms with Gasteiger partial charge in [0.15, 0.2) is 0 Å². The largest absolute Gasteiger partial charge is 0.249 e. The summed E-state index contributed by atoms with van der Waals surface area (Å²) in [7, 11) is 0. The Hall–Kier alpha value is -1.36. The topological polar surface area (TPSA) is 29.4 Å². The molecule has 1 aromatic carbocycles. The lowest BCUT2D eigenvalue weighted by Crippen LogP contribution is -1.81. The zero-order valence-corrected chi connectivity index (χ0v) is 8.34. The third-order valence-electron chi connectivity index (χ3n) is 1.42. The van der Waals surface area contributed by atoms with Gasteiger partial charge in [-0.05, 0) is 11.6 Å². The monoisotopic (exact) mass is 235 g/mol. The zero-order valence-electron chi connectivity index (χ0n) is 6.75. The summed E-state index contributed by atoms with van der Waals surface area (Å²) in [6.07, 6.45) is 1.93. The molecular formula is C10H6BrNO. The van der Waals surface area contributed by atoms with Gasteiger partial charge in [0, 0.05) is 16.9 Å². The van der Waals surface area contributed by atoms with Crippen LogP contribution < -0.4 is 0 Å². The van der Waals surface area contributed by atoms with Crippen molar-refractivity contribution in [1.29, 1.82) is 0 Å². The maximum absolute atomic E-state index is 9.68. The molecule has 0 aliphatic carbocycles. The van der Waals surface area contributed by atoms with Crippen LogP contribution in [0.4, 0.5) is 0 Å². The third kappa shape index (κ3) is 3.25. The van der Waals surface area contributed by atoms with Gasteiger partial charge in [0.1, 0.15) is 0 Å². The van der Waals surface area contributed by atoms with Gasteiger partial charge in [0.25, 0.3) is 0 Å². The average molecular weight is 236 g/mol. The van der Waals surface area contributed by atoms with Crippen molar-refractivity contribution in [3.63, 3.8) is 0 Å². The van der Waals surface area contributed by atoms with E-state index in [1.807, 2.05) is 24.3 Å². The second kappa shape index (κ2) is 5.31. The van der Waals surface area contributed by atoms with Crippen molar-refractivity contribution in [3.8, 4) is 12.0 Å². The van der Waals surface area contributed by atoms with Crippen molar-refractivity contribution in [3.05, 3.63) is 34.3 Å². The van der Waals surface area contributed by atoms with Crippen molar-refractivity contribution in [2.45, 2.75) is 6.42 Å². The van der Waals surface area contributed by atoms with Gasteiger partial charge in [-0.15, -0.1) is 4.99 Å². The summed E-state index contributed by atoms with van der Waals surface area (Å²) >= 11 is 3.39. The highest BCUT2D eigenvalue weighted by Crippen LogP contribution is 2.15. The summed E-state index contributed by atoms with van der Waals surface area (Å²) in [5.74, 6) is 2.73. The standard InChI is InChI=1S/C10H6BrNO/c11-10-6-2-1-4-9(10)5-3-7-12-8-13/h1-2,4,6H,5H2. The molecule has 0 N–H and O–H groups in total. The smallest absolute Gasteiger partial charge is 0.210 e. The highest BCUT2D eigenvalue weighted by atomic mass is 79.9. The van der Waals surface area contributed by atoms with Crippen LogP contribution in [0, 0.1) is 12.0 Å². The SMILES string of the molecule is O=C=NC#CCc1ccccc1Br. The average Bonchev–Trinajstić information content (AvgIpc) is 2.15. The maximum atomic E-state index is 9.68. The van der Waals surface area contributed by atoms with Crippen LogP contribution in [-0.4, -0.2) is 6.08 Å². The summed E-state index contributed by atoms with van der Waals surface area (Å²) in [6, 6.07) is 10.1. The lowest BCUT2D eigenvalue weighted by atomic mass is 10.2. The van der Waals surface area contributed by atoms with E-state index < -0.39 is 0 Å². The van der Waals surface area contributed by atoms with Gasteiger partial charge in [-0.2, -0.15) is 0 Å². The molecule has 0 spiro atoms. The van der Waals surface area contributed by atoms with Gasteiger partial charge in [0.2, 0.25) is 6.08 Å². The Labute approximate surface area is 84.8 Å². The van der Waals surface area contributed by atoms with Gasteiger partial charge in [0.05, 0.1) is 0 Å². The molecule has 13 heavy (non-hydrogen) atoms. The van der Waals surface area contributed by atoms with Crippen LogP contribution in [0.1, 0.15) is 5.56 Å². The van der Waals surface area contributed by atoms with E-state index in [4.69, 9.17) is 0 Å². The molecular weight excluding hydrogens is 230 g/mol. The molecule has 0 aromatic heterocycles. The van der Waals surface area contributed by atoms with E-state index in [1.165, 1.54) is 6.08 Å². The van der Waals surface area contributed by atoms with Gasteiger partial charge in [-0.25, -0.2) is 4.79 Å². The summed E-state index contributed by atoms with van der Waals surface area (Å²) in [5, 5.41) is 0. The maximum Gasteiger partial charge on any atom is 0.249 e. The quantitative estimate of drug-likeness (QED) is 0.418. The predicted octanol–water partition coefficient (Wildman–Crippen LogP) is 2.29. The molecule has 0 aliphatic heterocycles. The first-order chi connectivity index (χ1) is 6.34. The second-order valence-electron chi connectivity index (χ2n) is 2.26. The van der Waals surface area contributed by atoms with E-state index in [0.29, 0.717) is 6.42 Å². The predicted molar refractivity (Wildman–Crippen MR) is 53.7 cm³/mol. The highest BCUT2D eigenvalue weighted by Gasteiger charge is 1.93. The molecule has 0 radical (unpaired) electrons. The van der Waals surface area contributed by atoms with Crippen LogP contribution in [0.15, 0.2) is 33.7 Å². The molecule has 0 aliphatic rings. The van der Waals surface area contributed by atoms with Crippen LogP contribution in [0.3, 0.4) is 0 Å². The number of carbonyl (C=O) groups excluding carboxylic acids is 1. The fourth-order valence-corrected chi connectivity index (χ4v) is 1.26. The first-order valence-corrected chi connectivity index (χ1v) is 4.42. The van der Waals surface area contributed by atoms with Gasteiger partial charge in [-0.3, -0.25) is 0 Å². The zero-order chi connectivity index (χ0) is 9.52. The lowest BCUT2D eigenvalue weighted by Gasteiger charge is -1.96. The molecule has 0 saturated heterocycles. The number of hydrogen-bond acceptors (Lipinski definition) is 2. The fraction of sp³-hybridized carbons (Fsp3) is 0.100. The van der Waals surface area contributed by atoms with Crippen LogP contribution in [0.25, 0.3) is 0 Å². The fourth-order valence-electron chi connectivity index (χ4n) is 0.839. The molecule has 3 heteroatoms. The Kier molecular flexibility index (Phi) is 3.98. The second-order valence-corrected chi connectivity index (χ2v) is 3.11. The summed E-state index contributed by atoms with van der Waals surface area (Å²) in [4.78, 5) is 12.8. The molecule has 1 rings (SSSR count). The van der Waals surface area contributed by atoms with Gasteiger partial charge < -0.3 is 0 Å². The van der Waals surface area contributed by atoms with Crippen LogP contribution in [0.5, 0.6) is 0 Å². The Morgan fingerprint density at radius 1 is 1.38 bits per heavy atom. The molecule has 0 atom stereocenters. The van der Waals surface area contributed by atoms with Crippen molar-refractivity contribution in [2.24, 2.45) is 4.99 Å². The molecule has 0 heterocycles. The van der Waals surface area contributed by atoms with Gasteiger partial charge >= 0.3 is 0 Å². The van der Waals surface area contributed by atoms with E-state index in [0.717, 1.165) is 10.0 Å². The Morgan fingerprint density at radius 2 is 2.15 bits per heavy atom. The number of rotatable bonds is 1. The molecule has 0 fully saturated rings. The number of nitrogens with zero attached hydrogens (tertiary/aromatic N) is 1. The number of isocyanates is 1. The first-order valence-electron chi connectivity index (χ1n) is 3.62. The van der Waals surface area contributed by atoms with E-state index in [-0.39, 0.29) is 0 Å². The molecule has 0 unspecified atom stereocenters. The highest BCUT2D eigenvalue weighted by molar-refractivity contribution is 9.10. The number of hydrogen-bond donors (Lipinski definition) is 0. The molecule has 0 bridgehead atoms. The first kappa shape index (κ1) is 9.73. The van der Waals surface area contributed by atoms with Crippen LogP contribution in [0.2, 0.25) is 0 Å². The summed E-state index contributed by atoms with van der Waals surface area (Å²) in [6.45, 7) is 0. The molecule has 64 valence electrons. The minimum atomic E-state index is 0.576. The van der Waals surface area contributed by atoms with E-state index in [1.54, 1.807) is 0 Å². The Bertz CT molecular complexity index is 397. The number of benzene rings is 1. The molecule has 0 amide bonds. The van der Waals surface area contributed by atoms with Crippen molar-refractivity contribution < 1.29 is 4.79 Å². The Balaban J connectivity index is 2.71. The van der Waals surface area contributed by atoms with Crippen LogP contribution >= 0.6 is 15.9 Å². The van der Waals surface area contributed by atoms with Crippen molar-refractivity contribution >= 4 is 22.0 Å². The lowest BCUT2D eigenvalue weighted by molar-refractivity contribution is 0.565. The molecule has 2 nitrogen and oxygen atoms in total. The van der Waals surface area contributed by atoms with Crippen molar-refractivity contribution in [2.75, 3.05) is 0 Å². The normalized spacial score (nSPS) is 8.08. The molecule has 0 saturated carbocycles. The summed E-state index contributed by atoms with van der Waals surface area (Å²) in [5.41, 5.74) is 1.08. The number of aliphatic imine (C=N–C) groups is 1. The van der Waals surface area contributed by atoms with Crippen molar-refractivity contribution in [1.82, 2.24) is 0 Å².